The second kappa shape index (κ2) is 6.51. The summed E-state index contributed by atoms with van der Waals surface area (Å²) in [4.78, 5) is 0. The Labute approximate surface area is 139 Å². The fraction of sp³-hybridized carbons (Fsp3) is 0.647. The number of hydrogen-bond donors (Lipinski definition) is 1. The molecule has 1 N–H and O–H groups in total. The van der Waals surface area contributed by atoms with Crippen LogP contribution in [-0.2, 0) is 20.4 Å². The number of benzene rings is 1. The summed E-state index contributed by atoms with van der Waals surface area (Å²) < 4.78 is 35.3. The van der Waals surface area contributed by atoms with Crippen LogP contribution in [0.3, 0.4) is 0 Å². The number of morpholine rings is 1. The van der Waals surface area contributed by atoms with Crippen molar-refractivity contribution >= 4 is 10.2 Å². The van der Waals surface area contributed by atoms with Gasteiger partial charge in [0.05, 0.1) is 12.2 Å². The van der Waals surface area contributed by atoms with Gasteiger partial charge in [0.1, 0.15) is 0 Å². The first kappa shape index (κ1) is 16.9. The van der Waals surface area contributed by atoms with Gasteiger partial charge in [-0.2, -0.15) is 12.7 Å². The summed E-state index contributed by atoms with van der Waals surface area (Å²) in [5.41, 5.74) is 1.19. The van der Waals surface area contributed by atoms with E-state index in [0.717, 1.165) is 19.3 Å². The Morgan fingerprint density at radius 2 is 1.78 bits per heavy atom. The molecule has 1 aromatic carbocycles. The molecule has 2 fully saturated rings. The highest BCUT2D eigenvalue weighted by molar-refractivity contribution is 7.87. The molecule has 0 spiro atoms. The SMILES string of the molecule is C[C@@H]1CN(S(=O)(=O)NCC2(c3ccccc3)CCC2)C[C@@H](C)O1. The lowest BCUT2D eigenvalue weighted by atomic mass is 9.64. The molecular formula is C17H26N2O3S. The largest absolute Gasteiger partial charge is 0.373 e. The van der Waals surface area contributed by atoms with Gasteiger partial charge in [0, 0.05) is 25.0 Å². The summed E-state index contributed by atoms with van der Waals surface area (Å²) in [6.45, 7) is 5.13. The van der Waals surface area contributed by atoms with Crippen LogP contribution >= 0.6 is 0 Å². The average molecular weight is 338 g/mol. The van der Waals surface area contributed by atoms with E-state index >= 15 is 0 Å². The highest BCUT2D eigenvalue weighted by Crippen LogP contribution is 2.43. The zero-order valence-corrected chi connectivity index (χ0v) is 14.7. The number of ether oxygens (including phenoxy) is 1. The predicted octanol–water partition coefficient (Wildman–Crippen LogP) is 2.05. The van der Waals surface area contributed by atoms with E-state index < -0.39 is 10.2 Å². The molecule has 2 atom stereocenters. The zero-order valence-electron chi connectivity index (χ0n) is 13.9. The van der Waals surface area contributed by atoms with E-state index in [0.29, 0.717) is 19.6 Å². The van der Waals surface area contributed by atoms with Gasteiger partial charge in [0.2, 0.25) is 0 Å². The van der Waals surface area contributed by atoms with E-state index in [9.17, 15) is 8.42 Å². The van der Waals surface area contributed by atoms with Crippen LogP contribution in [0.1, 0.15) is 38.7 Å². The molecule has 1 saturated carbocycles. The van der Waals surface area contributed by atoms with Crippen molar-refractivity contribution in [2.75, 3.05) is 19.6 Å². The van der Waals surface area contributed by atoms with E-state index in [1.165, 1.54) is 9.87 Å². The van der Waals surface area contributed by atoms with Gasteiger partial charge < -0.3 is 4.74 Å². The fourth-order valence-corrected chi connectivity index (χ4v) is 5.06. The summed E-state index contributed by atoms with van der Waals surface area (Å²) in [7, 11) is -3.46. The molecule has 1 aliphatic carbocycles. The summed E-state index contributed by atoms with van der Waals surface area (Å²) in [6, 6.07) is 10.2. The first-order valence-electron chi connectivity index (χ1n) is 8.37. The second-order valence-corrected chi connectivity index (χ2v) is 8.66. The molecule has 6 heteroatoms. The Morgan fingerprint density at radius 3 is 2.30 bits per heavy atom. The van der Waals surface area contributed by atoms with Crippen LogP contribution in [0.2, 0.25) is 0 Å². The maximum absolute atomic E-state index is 12.7. The van der Waals surface area contributed by atoms with Crippen LogP contribution in [0.5, 0.6) is 0 Å². The van der Waals surface area contributed by atoms with Crippen LogP contribution in [0, 0.1) is 0 Å². The van der Waals surface area contributed by atoms with E-state index in [1.54, 1.807) is 0 Å². The maximum Gasteiger partial charge on any atom is 0.279 e. The molecule has 5 nitrogen and oxygen atoms in total. The lowest BCUT2D eigenvalue weighted by Gasteiger charge is -2.43. The lowest BCUT2D eigenvalue weighted by molar-refractivity contribution is -0.0444. The number of hydrogen-bond acceptors (Lipinski definition) is 3. The molecule has 1 aliphatic heterocycles. The maximum atomic E-state index is 12.7. The van der Waals surface area contributed by atoms with Gasteiger partial charge in [-0.05, 0) is 32.3 Å². The van der Waals surface area contributed by atoms with Crippen LogP contribution < -0.4 is 4.72 Å². The number of nitrogens with zero attached hydrogens (tertiary/aromatic N) is 1. The Balaban J connectivity index is 1.69. The summed E-state index contributed by atoms with van der Waals surface area (Å²) in [5.74, 6) is 0. The standard InChI is InChI=1S/C17H26N2O3S/c1-14-11-19(12-15(2)22-14)23(20,21)18-13-17(9-6-10-17)16-7-4-3-5-8-16/h3-5,7-8,14-15,18H,6,9-13H2,1-2H3/t14-,15-/m1/s1. The minimum Gasteiger partial charge on any atom is -0.373 e. The molecule has 2 aliphatic rings. The van der Waals surface area contributed by atoms with Crippen molar-refractivity contribution in [2.24, 2.45) is 0 Å². The molecule has 0 aromatic heterocycles. The van der Waals surface area contributed by atoms with E-state index in [1.807, 2.05) is 32.0 Å². The highest BCUT2D eigenvalue weighted by atomic mass is 32.2. The molecule has 0 amide bonds. The molecule has 1 aromatic rings. The monoisotopic (exact) mass is 338 g/mol. The molecule has 1 saturated heterocycles. The first-order chi connectivity index (χ1) is 10.9. The van der Waals surface area contributed by atoms with E-state index in [-0.39, 0.29) is 17.6 Å². The summed E-state index contributed by atoms with van der Waals surface area (Å²) >= 11 is 0. The first-order valence-corrected chi connectivity index (χ1v) is 9.81. The number of nitrogens with one attached hydrogen (secondary N) is 1. The number of rotatable bonds is 5. The van der Waals surface area contributed by atoms with Gasteiger partial charge in [-0.25, -0.2) is 4.72 Å². The lowest BCUT2D eigenvalue weighted by Crippen LogP contribution is -2.54. The molecule has 0 bridgehead atoms. The van der Waals surface area contributed by atoms with Gasteiger partial charge in [-0.15, -0.1) is 0 Å². The predicted molar refractivity (Wildman–Crippen MR) is 90.5 cm³/mol. The fourth-order valence-electron chi connectivity index (χ4n) is 3.61. The van der Waals surface area contributed by atoms with Gasteiger partial charge >= 0.3 is 0 Å². The Morgan fingerprint density at radius 1 is 1.17 bits per heavy atom. The molecule has 3 rings (SSSR count). The molecule has 128 valence electrons. The molecule has 0 unspecified atom stereocenters. The zero-order chi connectivity index (χ0) is 16.5. The normalized spacial score (nSPS) is 28.3. The van der Waals surface area contributed by atoms with Crippen molar-refractivity contribution in [3.8, 4) is 0 Å². The van der Waals surface area contributed by atoms with Crippen molar-refractivity contribution in [1.82, 2.24) is 9.03 Å². The van der Waals surface area contributed by atoms with Gasteiger partial charge in [-0.1, -0.05) is 36.8 Å². The smallest absolute Gasteiger partial charge is 0.279 e. The minimum atomic E-state index is -3.46. The summed E-state index contributed by atoms with van der Waals surface area (Å²) in [6.07, 6.45) is 3.09. The van der Waals surface area contributed by atoms with Crippen molar-refractivity contribution in [2.45, 2.75) is 50.7 Å². The molecule has 1 heterocycles. The van der Waals surface area contributed by atoms with E-state index in [4.69, 9.17) is 4.74 Å². The average Bonchev–Trinajstić information content (AvgIpc) is 2.46. The van der Waals surface area contributed by atoms with E-state index in [2.05, 4.69) is 16.9 Å². The third-order valence-corrected chi connectivity index (χ3v) is 6.50. The third kappa shape index (κ3) is 3.60. The van der Waals surface area contributed by atoms with Crippen LogP contribution in [0.15, 0.2) is 30.3 Å². The van der Waals surface area contributed by atoms with Gasteiger partial charge in [-0.3, -0.25) is 0 Å². The van der Waals surface area contributed by atoms with Crippen molar-refractivity contribution in [1.29, 1.82) is 0 Å². The van der Waals surface area contributed by atoms with Crippen molar-refractivity contribution < 1.29 is 13.2 Å². The Hall–Kier alpha value is -0.950. The van der Waals surface area contributed by atoms with Crippen LogP contribution in [0.25, 0.3) is 0 Å². The van der Waals surface area contributed by atoms with Crippen LogP contribution in [0.4, 0.5) is 0 Å². The third-order valence-electron chi connectivity index (χ3n) is 5.02. The Kier molecular flexibility index (Phi) is 4.78. The van der Waals surface area contributed by atoms with Gasteiger partial charge in [0.15, 0.2) is 0 Å². The molecule has 23 heavy (non-hydrogen) atoms. The second-order valence-electron chi connectivity index (χ2n) is 6.90. The topological polar surface area (TPSA) is 58.6 Å². The Bertz CT molecular complexity index is 618. The molecular weight excluding hydrogens is 312 g/mol. The van der Waals surface area contributed by atoms with Crippen LogP contribution in [-0.4, -0.2) is 44.6 Å². The highest BCUT2D eigenvalue weighted by Gasteiger charge is 2.40. The van der Waals surface area contributed by atoms with Gasteiger partial charge in [0.25, 0.3) is 10.2 Å². The summed E-state index contributed by atoms with van der Waals surface area (Å²) in [5, 5.41) is 0. The van der Waals surface area contributed by atoms with Crippen molar-refractivity contribution in [3.63, 3.8) is 0 Å². The minimum absolute atomic E-state index is 0.0438. The molecule has 0 radical (unpaired) electrons. The quantitative estimate of drug-likeness (QED) is 0.894. The van der Waals surface area contributed by atoms with Crippen molar-refractivity contribution in [3.05, 3.63) is 35.9 Å².